The SMILES string of the molecule is Cc1c(-c2ccc(O)cc2)c(Br)n(C)c1C#N. The summed E-state index contributed by atoms with van der Waals surface area (Å²) in [5, 5.41) is 18.4. The monoisotopic (exact) mass is 290 g/mol. The van der Waals surface area contributed by atoms with Gasteiger partial charge in [0.2, 0.25) is 0 Å². The van der Waals surface area contributed by atoms with Crippen LogP contribution in [0.3, 0.4) is 0 Å². The van der Waals surface area contributed by atoms with Crippen molar-refractivity contribution in [3.05, 3.63) is 40.1 Å². The Morgan fingerprint density at radius 3 is 2.35 bits per heavy atom. The molecule has 86 valence electrons. The zero-order valence-corrected chi connectivity index (χ0v) is 11.1. The van der Waals surface area contributed by atoms with E-state index in [-0.39, 0.29) is 5.75 Å². The molecule has 0 saturated heterocycles. The van der Waals surface area contributed by atoms with Crippen molar-refractivity contribution in [2.75, 3.05) is 0 Å². The van der Waals surface area contributed by atoms with Crippen LogP contribution in [0.2, 0.25) is 0 Å². The number of aromatic hydroxyl groups is 1. The first-order valence-corrected chi connectivity index (χ1v) is 5.89. The van der Waals surface area contributed by atoms with E-state index in [4.69, 9.17) is 5.26 Å². The molecule has 2 rings (SSSR count). The Hall–Kier alpha value is -1.73. The number of rotatable bonds is 1. The minimum atomic E-state index is 0.235. The lowest BCUT2D eigenvalue weighted by Crippen LogP contribution is -1.91. The van der Waals surface area contributed by atoms with E-state index < -0.39 is 0 Å². The van der Waals surface area contributed by atoms with Gasteiger partial charge in [0.25, 0.3) is 0 Å². The van der Waals surface area contributed by atoms with Crippen LogP contribution in [0, 0.1) is 18.3 Å². The van der Waals surface area contributed by atoms with E-state index >= 15 is 0 Å². The van der Waals surface area contributed by atoms with Crippen molar-refractivity contribution >= 4 is 15.9 Å². The van der Waals surface area contributed by atoms with Gasteiger partial charge in [0.15, 0.2) is 0 Å². The Morgan fingerprint density at radius 1 is 1.29 bits per heavy atom. The zero-order valence-electron chi connectivity index (χ0n) is 9.53. The molecule has 1 aromatic heterocycles. The second-order valence-corrected chi connectivity index (χ2v) is 4.61. The van der Waals surface area contributed by atoms with Gasteiger partial charge in [0.1, 0.15) is 17.5 Å². The summed E-state index contributed by atoms with van der Waals surface area (Å²) in [6.07, 6.45) is 0. The topological polar surface area (TPSA) is 49.0 Å². The van der Waals surface area contributed by atoms with E-state index in [1.807, 2.05) is 30.7 Å². The van der Waals surface area contributed by atoms with E-state index in [1.165, 1.54) is 0 Å². The van der Waals surface area contributed by atoms with Crippen molar-refractivity contribution in [3.63, 3.8) is 0 Å². The minimum Gasteiger partial charge on any atom is -0.508 e. The fourth-order valence-corrected chi connectivity index (χ4v) is 2.62. The molecule has 0 unspecified atom stereocenters. The molecular formula is C13H11BrN2O. The van der Waals surface area contributed by atoms with Crippen LogP contribution in [0.1, 0.15) is 11.3 Å². The Bertz CT molecular complexity index is 606. The fraction of sp³-hybridized carbons (Fsp3) is 0.154. The van der Waals surface area contributed by atoms with Gasteiger partial charge < -0.3 is 9.67 Å². The van der Waals surface area contributed by atoms with Crippen LogP contribution in [-0.4, -0.2) is 9.67 Å². The molecule has 0 aliphatic heterocycles. The Balaban J connectivity index is 2.69. The fourth-order valence-electron chi connectivity index (χ4n) is 1.91. The van der Waals surface area contributed by atoms with Crippen LogP contribution >= 0.6 is 15.9 Å². The van der Waals surface area contributed by atoms with Crippen LogP contribution in [0.15, 0.2) is 28.9 Å². The molecule has 3 nitrogen and oxygen atoms in total. The van der Waals surface area contributed by atoms with Crippen LogP contribution in [0.25, 0.3) is 11.1 Å². The molecule has 1 heterocycles. The van der Waals surface area contributed by atoms with Crippen molar-refractivity contribution in [2.45, 2.75) is 6.92 Å². The zero-order chi connectivity index (χ0) is 12.6. The van der Waals surface area contributed by atoms with Gasteiger partial charge in [-0.05, 0) is 46.1 Å². The van der Waals surface area contributed by atoms with E-state index in [0.717, 1.165) is 21.3 Å². The average Bonchev–Trinajstić information content (AvgIpc) is 2.52. The van der Waals surface area contributed by atoms with Crippen molar-refractivity contribution < 1.29 is 5.11 Å². The lowest BCUT2D eigenvalue weighted by Gasteiger charge is -2.02. The quantitative estimate of drug-likeness (QED) is 0.876. The van der Waals surface area contributed by atoms with Gasteiger partial charge in [-0.15, -0.1) is 0 Å². The Labute approximate surface area is 108 Å². The summed E-state index contributed by atoms with van der Waals surface area (Å²) in [5.74, 6) is 0.235. The number of halogens is 1. The molecule has 1 N–H and O–H groups in total. The molecule has 0 aliphatic carbocycles. The molecule has 0 aliphatic rings. The summed E-state index contributed by atoms with van der Waals surface area (Å²) in [4.78, 5) is 0. The maximum absolute atomic E-state index is 9.28. The second-order valence-electron chi connectivity index (χ2n) is 3.86. The summed E-state index contributed by atoms with van der Waals surface area (Å²) in [7, 11) is 1.85. The molecule has 2 aromatic rings. The second kappa shape index (κ2) is 4.27. The number of benzene rings is 1. The molecule has 0 amide bonds. The highest BCUT2D eigenvalue weighted by atomic mass is 79.9. The first-order valence-electron chi connectivity index (χ1n) is 5.10. The van der Waals surface area contributed by atoms with Crippen molar-refractivity contribution in [1.29, 1.82) is 5.26 Å². The summed E-state index contributed by atoms with van der Waals surface area (Å²) < 4.78 is 2.69. The molecular weight excluding hydrogens is 280 g/mol. The van der Waals surface area contributed by atoms with Gasteiger partial charge in [0.05, 0.1) is 4.60 Å². The van der Waals surface area contributed by atoms with E-state index in [2.05, 4.69) is 22.0 Å². The minimum absolute atomic E-state index is 0.235. The summed E-state index contributed by atoms with van der Waals surface area (Å²) in [5.41, 5.74) is 3.54. The van der Waals surface area contributed by atoms with Gasteiger partial charge in [-0.25, -0.2) is 0 Å². The van der Waals surface area contributed by atoms with Crippen molar-refractivity contribution in [2.24, 2.45) is 7.05 Å². The number of phenolic OH excluding ortho intramolecular Hbond substituents is 1. The van der Waals surface area contributed by atoms with E-state index in [0.29, 0.717) is 5.69 Å². The third-order valence-corrected chi connectivity index (χ3v) is 3.76. The number of phenols is 1. The van der Waals surface area contributed by atoms with Crippen LogP contribution in [0.5, 0.6) is 5.75 Å². The van der Waals surface area contributed by atoms with Crippen molar-refractivity contribution in [3.8, 4) is 22.9 Å². The molecule has 1 aromatic carbocycles. The summed E-state index contributed by atoms with van der Waals surface area (Å²) >= 11 is 3.50. The van der Waals surface area contributed by atoms with Gasteiger partial charge in [-0.1, -0.05) is 12.1 Å². The first-order chi connectivity index (χ1) is 8.06. The third-order valence-electron chi connectivity index (χ3n) is 2.83. The van der Waals surface area contributed by atoms with Gasteiger partial charge in [-0.2, -0.15) is 5.26 Å². The molecule has 0 saturated carbocycles. The highest BCUT2D eigenvalue weighted by molar-refractivity contribution is 9.10. The molecule has 0 radical (unpaired) electrons. The smallest absolute Gasteiger partial charge is 0.124 e. The number of hydrogen-bond donors (Lipinski definition) is 1. The molecule has 0 fully saturated rings. The summed E-state index contributed by atoms with van der Waals surface area (Å²) in [6, 6.07) is 9.14. The lowest BCUT2D eigenvalue weighted by molar-refractivity contribution is 0.475. The molecule has 0 spiro atoms. The number of hydrogen-bond acceptors (Lipinski definition) is 2. The Kier molecular flexibility index (Phi) is 2.95. The maximum atomic E-state index is 9.28. The number of aromatic nitrogens is 1. The van der Waals surface area contributed by atoms with Gasteiger partial charge in [0, 0.05) is 12.6 Å². The maximum Gasteiger partial charge on any atom is 0.124 e. The van der Waals surface area contributed by atoms with Crippen molar-refractivity contribution in [1.82, 2.24) is 4.57 Å². The predicted octanol–water partition coefficient (Wildman–Crippen LogP) is 3.34. The average molecular weight is 291 g/mol. The normalized spacial score (nSPS) is 10.2. The molecule has 4 heteroatoms. The highest BCUT2D eigenvalue weighted by Crippen LogP contribution is 2.35. The standard InChI is InChI=1S/C13H11BrN2O/c1-8-11(7-15)16(2)13(14)12(8)9-3-5-10(17)6-4-9/h3-6,17H,1-2H3. The molecule has 17 heavy (non-hydrogen) atoms. The van der Waals surface area contributed by atoms with Crippen LogP contribution in [-0.2, 0) is 7.05 Å². The predicted molar refractivity (Wildman–Crippen MR) is 69.7 cm³/mol. The van der Waals surface area contributed by atoms with Gasteiger partial charge in [-0.3, -0.25) is 0 Å². The highest BCUT2D eigenvalue weighted by Gasteiger charge is 2.17. The third kappa shape index (κ3) is 1.83. The van der Waals surface area contributed by atoms with E-state index in [1.54, 1.807) is 12.1 Å². The first kappa shape index (κ1) is 11.7. The molecule has 0 atom stereocenters. The largest absolute Gasteiger partial charge is 0.508 e. The lowest BCUT2D eigenvalue weighted by atomic mass is 10.0. The number of nitrogens with zero attached hydrogens (tertiary/aromatic N) is 2. The molecule has 0 bridgehead atoms. The summed E-state index contributed by atoms with van der Waals surface area (Å²) in [6.45, 7) is 1.92. The van der Waals surface area contributed by atoms with Crippen LogP contribution < -0.4 is 0 Å². The Morgan fingerprint density at radius 2 is 1.88 bits per heavy atom. The van der Waals surface area contributed by atoms with Crippen LogP contribution in [0.4, 0.5) is 0 Å². The van der Waals surface area contributed by atoms with Gasteiger partial charge >= 0.3 is 0 Å². The van der Waals surface area contributed by atoms with E-state index in [9.17, 15) is 5.11 Å². The number of nitriles is 1.